The summed E-state index contributed by atoms with van der Waals surface area (Å²) < 4.78 is 1.92. The molecule has 0 fully saturated rings. The molecule has 0 atom stereocenters. The van der Waals surface area contributed by atoms with E-state index >= 15 is 0 Å². The van der Waals surface area contributed by atoms with Gasteiger partial charge in [-0.15, -0.1) is 10.2 Å². The van der Waals surface area contributed by atoms with E-state index in [-0.39, 0.29) is 0 Å². The van der Waals surface area contributed by atoms with Crippen LogP contribution in [0.1, 0.15) is 0 Å². The fraction of sp³-hybridized carbons (Fsp3) is 0.167. The predicted molar refractivity (Wildman–Crippen MR) is 97.1 cm³/mol. The summed E-state index contributed by atoms with van der Waals surface area (Å²) in [5.41, 5.74) is 3.23. The molecule has 24 heavy (non-hydrogen) atoms. The Balaban J connectivity index is 2.00. The van der Waals surface area contributed by atoms with Crippen LogP contribution >= 0.6 is 0 Å². The number of anilines is 3. The molecule has 0 saturated heterocycles. The molecule has 0 amide bonds. The monoisotopic (exact) mass is 318 g/mol. The summed E-state index contributed by atoms with van der Waals surface area (Å²) in [5.74, 6) is 1.46. The Morgan fingerprint density at radius 3 is 2.46 bits per heavy atom. The van der Waals surface area contributed by atoms with E-state index in [0.29, 0.717) is 5.78 Å². The second-order valence-electron chi connectivity index (χ2n) is 5.93. The largest absolute Gasteiger partial charge is 0.378 e. The van der Waals surface area contributed by atoms with Crippen molar-refractivity contribution < 1.29 is 0 Å². The first-order valence-electron chi connectivity index (χ1n) is 7.75. The Morgan fingerprint density at radius 2 is 1.71 bits per heavy atom. The van der Waals surface area contributed by atoms with Gasteiger partial charge in [0.1, 0.15) is 12.1 Å². The molecule has 2 aromatic carbocycles. The van der Waals surface area contributed by atoms with Crippen LogP contribution in [0.15, 0.2) is 54.9 Å². The van der Waals surface area contributed by atoms with E-state index in [0.717, 1.165) is 28.1 Å². The Kier molecular flexibility index (Phi) is 3.30. The molecular weight excluding hydrogens is 300 g/mol. The minimum absolute atomic E-state index is 0.594. The first-order valence-corrected chi connectivity index (χ1v) is 7.75. The highest BCUT2D eigenvalue weighted by molar-refractivity contribution is 5.95. The number of benzene rings is 2. The summed E-state index contributed by atoms with van der Waals surface area (Å²) in [7, 11) is 6.08. The maximum atomic E-state index is 4.72. The summed E-state index contributed by atoms with van der Waals surface area (Å²) in [5, 5.41) is 9.21. The van der Waals surface area contributed by atoms with Crippen LogP contribution in [0.4, 0.5) is 17.2 Å². The van der Waals surface area contributed by atoms with Crippen LogP contribution in [-0.2, 0) is 0 Å². The van der Waals surface area contributed by atoms with Crippen molar-refractivity contribution in [3.05, 3.63) is 54.9 Å². The third kappa shape index (κ3) is 2.23. The van der Waals surface area contributed by atoms with E-state index in [1.54, 1.807) is 6.33 Å². The highest BCUT2D eigenvalue weighted by Crippen LogP contribution is 2.31. The Labute approximate surface area is 140 Å². The molecule has 0 aliphatic heterocycles. The van der Waals surface area contributed by atoms with Crippen molar-refractivity contribution in [2.45, 2.75) is 0 Å². The lowest BCUT2D eigenvalue weighted by Gasteiger charge is -2.21. The maximum Gasteiger partial charge on any atom is 0.257 e. The van der Waals surface area contributed by atoms with Crippen LogP contribution in [0, 0.1) is 0 Å². The predicted octanol–water partition coefficient (Wildman–Crippen LogP) is 3.11. The van der Waals surface area contributed by atoms with Crippen molar-refractivity contribution >= 4 is 33.9 Å². The van der Waals surface area contributed by atoms with Gasteiger partial charge in [0.15, 0.2) is 0 Å². The quantitative estimate of drug-likeness (QED) is 0.581. The third-order valence-corrected chi connectivity index (χ3v) is 4.20. The molecule has 2 heterocycles. The molecule has 0 spiro atoms. The lowest BCUT2D eigenvalue weighted by molar-refractivity contribution is 1.08. The Morgan fingerprint density at radius 1 is 0.917 bits per heavy atom. The number of aromatic nitrogens is 4. The van der Waals surface area contributed by atoms with E-state index in [9.17, 15) is 0 Å². The molecule has 0 aliphatic rings. The lowest BCUT2D eigenvalue weighted by atomic mass is 10.2. The number of hydrogen-bond acceptors (Lipinski definition) is 5. The van der Waals surface area contributed by atoms with Gasteiger partial charge in [-0.3, -0.25) is 4.40 Å². The third-order valence-electron chi connectivity index (χ3n) is 4.20. The standard InChI is InChI=1S/C18H18N6/c1-22(2)14-9-10-15-16(11-14)24-12-19-21-18(24)20-17(15)23(3)13-7-5-4-6-8-13/h4-12H,1-3H3. The highest BCUT2D eigenvalue weighted by atomic mass is 15.3. The minimum Gasteiger partial charge on any atom is -0.378 e. The Bertz CT molecular complexity index is 1010. The van der Waals surface area contributed by atoms with E-state index in [4.69, 9.17) is 4.98 Å². The van der Waals surface area contributed by atoms with Gasteiger partial charge in [-0.1, -0.05) is 18.2 Å². The zero-order valence-electron chi connectivity index (χ0n) is 13.9. The van der Waals surface area contributed by atoms with Crippen LogP contribution in [-0.4, -0.2) is 40.7 Å². The molecule has 0 unspecified atom stereocenters. The first kappa shape index (κ1) is 14.4. The number of nitrogens with zero attached hydrogens (tertiary/aromatic N) is 6. The van der Waals surface area contributed by atoms with E-state index in [1.165, 1.54) is 0 Å². The molecule has 6 nitrogen and oxygen atoms in total. The van der Waals surface area contributed by atoms with Crippen LogP contribution in [0.2, 0.25) is 0 Å². The minimum atomic E-state index is 0.594. The highest BCUT2D eigenvalue weighted by Gasteiger charge is 2.15. The van der Waals surface area contributed by atoms with Gasteiger partial charge in [0, 0.05) is 37.9 Å². The van der Waals surface area contributed by atoms with Crippen molar-refractivity contribution in [2.75, 3.05) is 30.9 Å². The average molecular weight is 318 g/mol. The molecule has 6 heteroatoms. The van der Waals surface area contributed by atoms with Gasteiger partial charge in [-0.25, -0.2) is 0 Å². The van der Waals surface area contributed by atoms with E-state index in [1.807, 2.05) is 43.7 Å². The van der Waals surface area contributed by atoms with Gasteiger partial charge in [0.2, 0.25) is 0 Å². The van der Waals surface area contributed by atoms with Gasteiger partial charge in [0.25, 0.3) is 5.78 Å². The van der Waals surface area contributed by atoms with Crippen LogP contribution in [0.25, 0.3) is 16.7 Å². The number of para-hydroxylation sites is 1. The fourth-order valence-corrected chi connectivity index (χ4v) is 2.85. The SMILES string of the molecule is CN(C)c1ccc2c(N(C)c3ccccc3)nc3nncn3c2c1. The molecule has 2 aromatic heterocycles. The second-order valence-corrected chi connectivity index (χ2v) is 5.93. The van der Waals surface area contributed by atoms with Gasteiger partial charge in [-0.05, 0) is 30.3 Å². The van der Waals surface area contributed by atoms with Gasteiger partial charge in [-0.2, -0.15) is 4.98 Å². The van der Waals surface area contributed by atoms with Gasteiger partial charge >= 0.3 is 0 Å². The van der Waals surface area contributed by atoms with Crippen molar-refractivity contribution in [1.29, 1.82) is 0 Å². The molecule has 0 aliphatic carbocycles. The van der Waals surface area contributed by atoms with Crippen molar-refractivity contribution in [1.82, 2.24) is 19.6 Å². The van der Waals surface area contributed by atoms with Crippen LogP contribution in [0.3, 0.4) is 0 Å². The molecule has 0 radical (unpaired) electrons. The molecule has 4 aromatic rings. The number of hydrogen-bond donors (Lipinski definition) is 0. The topological polar surface area (TPSA) is 49.6 Å². The molecule has 120 valence electrons. The maximum absolute atomic E-state index is 4.72. The second kappa shape index (κ2) is 5.49. The molecule has 4 rings (SSSR count). The number of rotatable bonds is 3. The summed E-state index contributed by atoms with van der Waals surface area (Å²) in [6.07, 6.45) is 1.70. The molecular formula is C18H18N6. The zero-order valence-corrected chi connectivity index (χ0v) is 13.9. The first-order chi connectivity index (χ1) is 11.6. The molecule has 0 N–H and O–H groups in total. The summed E-state index contributed by atoms with van der Waals surface area (Å²) in [4.78, 5) is 8.87. The van der Waals surface area contributed by atoms with Crippen LogP contribution in [0.5, 0.6) is 0 Å². The fourth-order valence-electron chi connectivity index (χ4n) is 2.85. The van der Waals surface area contributed by atoms with E-state index in [2.05, 4.69) is 50.3 Å². The Hall–Kier alpha value is -3.15. The van der Waals surface area contributed by atoms with Crippen molar-refractivity contribution in [3.8, 4) is 0 Å². The summed E-state index contributed by atoms with van der Waals surface area (Å²) >= 11 is 0. The van der Waals surface area contributed by atoms with E-state index < -0.39 is 0 Å². The van der Waals surface area contributed by atoms with Crippen molar-refractivity contribution in [3.63, 3.8) is 0 Å². The molecule has 0 saturated carbocycles. The average Bonchev–Trinajstić information content (AvgIpc) is 3.09. The van der Waals surface area contributed by atoms with Crippen molar-refractivity contribution in [2.24, 2.45) is 0 Å². The molecule has 0 bridgehead atoms. The summed E-state index contributed by atoms with van der Waals surface area (Å²) in [6, 6.07) is 16.5. The van der Waals surface area contributed by atoms with Crippen LogP contribution < -0.4 is 9.80 Å². The van der Waals surface area contributed by atoms with Gasteiger partial charge in [0.05, 0.1) is 5.52 Å². The lowest BCUT2D eigenvalue weighted by Crippen LogP contribution is -2.13. The zero-order chi connectivity index (χ0) is 16.7. The smallest absolute Gasteiger partial charge is 0.257 e. The summed E-state index contributed by atoms with van der Waals surface area (Å²) in [6.45, 7) is 0. The number of fused-ring (bicyclic) bond motifs is 3. The van der Waals surface area contributed by atoms with Gasteiger partial charge < -0.3 is 9.80 Å². The normalized spacial score (nSPS) is 11.1.